The Morgan fingerprint density at radius 3 is 2.37 bits per heavy atom. The van der Waals surface area contributed by atoms with Crippen molar-refractivity contribution >= 4 is 0 Å². The number of ether oxygens (including phenoxy) is 1. The van der Waals surface area contributed by atoms with Crippen molar-refractivity contribution < 1.29 is 4.74 Å². The summed E-state index contributed by atoms with van der Waals surface area (Å²) in [5.74, 6) is 0.613. The lowest BCUT2D eigenvalue weighted by Gasteiger charge is -2.11. The third kappa shape index (κ3) is 3.19. The summed E-state index contributed by atoms with van der Waals surface area (Å²) in [6.45, 7) is 4.16. The summed E-state index contributed by atoms with van der Waals surface area (Å²) in [4.78, 5) is 8.29. The minimum Gasteiger partial charge on any atom is -0.481 e. The largest absolute Gasteiger partial charge is 0.481 e. The molecular formula is C22H20N4O. The average molecular weight is 356 g/mol. The second-order valence-corrected chi connectivity index (χ2v) is 6.42. The van der Waals surface area contributed by atoms with Crippen LogP contribution in [0.3, 0.4) is 0 Å². The summed E-state index contributed by atoms with van der Waals surface area (Å²) >= 11 is 0. The summed E-state index contributed by atoms with van der Waals surface area (Å²) in [5, 5.41) is 7.64. The molecule has 0 atom stereocenters. The predicted octanol–water partition coefficient (Wildman–Crippen LogP) is 4.83. The van der Waals surface area contributed by atoms with E-state index in [0.29, 0.717) is 5.88 Å². The lowest BCUT2D eigenvalue weighted by molar-refractivity contribution is 0.398. The zero-order valence-electron chi connectivity index (χ0n) is 15.5. The lowest BCUT2D eigenvalue weighted by Crippen LogP contribution is -1.91. The first-order valence-electron chi connectivity index (χ1n) is 8.74. The maximum atomic E-state index is 5.25. The Labute approximate surface area is 158 Å². The van der Waals surface area contributed by atoms with Gasteiger partial charge in [-0.2, -0.15) is 5.10 Å². The number of hydrogen-bond acceptors (Lipinski definition) is 4. The van der Waals surface area contributed by atoms with Crippen LogP contribution >= 0.6 is 0 Å². The molecule has 134 valence electrons. The third-order valence-electron chi connectivity index (χ3n) is 4.67. The van der Waals surface area contributed by atoms with Gasteiger partial charge in [-0.15, -0.1) is 0 Å². The van der Waals surface area contributed by atoms with Gasteiger partial charge in [0, 0.05) is 41.5 Å². The Balaban J connectivity index is 1.79. The zero-order chi connectivity index (χ0) is 18.8. The van der Waals surface area contributed by atoms with Gasteiger partial charge in [0.1, 0.15) is 5.69 Å². The van der Waals surface area contributed by atoms with Crippen LogP contribution in [0, 0.1) is 13.8 Å². The third-order valence-corrected chi connectivity index (χ3v) is 4.67. The normalized spacial score (nSPS) is 10.8. The van der Waals surface area contributed by atoms with Crippen molar-refractivity contribution in [2.24, 2.45) is 0 Å². The maximum Gasteiger partial charge on any atom is 0.213 e. The van der Waals surface area contributed by atoms with Gasteiger partial charge in [-0.05, 0) is 54.3 Å². The summed E-state index contributed by atoms with van der Waals surface area (Å²) in [7, 11) is 1.63. The Morgan fingerprint density at radius 2 is 1.63 bits per heavy atom. The molecule has 4 aromatic rings. The number of aryl methyl sites for hydroxylation is 2. The van der Waals surface area contributed by atoms with Crippen LogP contribution in [0.2, 0.25) is 0 Å². The molecule has 0 saturated heterocycles. The summed E-state index contributed by atoms with van der Waals surface area (Å²) < 4.78 is 5.25. The number of methoxy groups -OCH3 is 1. The topological polar surface area (TPSA) is 63.7 Å². The van der Waals surface area contributed by atoms with Gasteiger partial charge in [-0.3, -0.25) is 10.1 Å². The van der Waals surface area contributed by atoms with Crippen molar-refractivity contribution in [3.63, 3.8) is 0 Å². The number of aromatic amines is 1. The Bertz CT molecular complexity index is 1090. The molecule has 0 radical (unpaired) electrons. The first-order chi connectivity index (χ1) is 13.2. The van der Waals surface area contributed by atoms with Gasteiger partial charge in [0.15, 0.2) is 0 Å². The van der Waals surface area contributed by atoms with Crippen molar-refractivity contribution in [2.45, 2.75) is 13.8 Å². The number of aromatic nitrogens is 4. The van der Waals surface area contributed by atoms with Crippen LogP contribution in [-0.4, -0.2) is 27.3 Å². The van der Waals surface area contributed by atoms with E-state index in [0.717, 1.165) is 39.2 Å². The number of pyridine rings is 2. The highest BCUT2D eigenvalue weighted by atomic mass is 16.5. The molecule has 0 spiro atoms. The van der Waals surface area contributed by atoms with Gasteiger partial charge in [-0.25, -0.2) is 4.98 Å². The van der Waals surface area contributed by atoms with Crippen LogP contribution in [0.25, 0.3) is 33.5 Å². The van der Waals surface area contributed by atoms with Crippen LogP contribution in [0.4, 0.5) is 0 Å². The Kier molecular flexibility index (Phi) is 4.42. The van der Waals surface area contributed by atoms with E-state index in [4.69, 9.17) is 4.74 Å². The molecule has 0 aliphatic heterocycles. The van der Waals surface area contributed by atoms with Crippen molar-refractivity contribution in [3.05, 3.63) is 72.3 Å². The fourth-order valence-corrected chi connectivity index (χ4v) is 3.33. The molecule has 0 fully saturated rings. The van der Waals surface area contributed by atoms with Crippen molar-refractivity contribution in [2.75, 3.05) is 7.11 Å². The summed E-state index contributed by atoms with van der Waals surface area (Å²) in [6.07, 6.45) is 5.34. The highest BCUT2D eigenvalue weighted by Gasteiger charge is 2.15. The minimum absolute atomic E-state index is 0.613. The summed E-state index contributed by atoms with van der Waals surface area (Å²) in [6, 6.07) is 14.4. The van der Waals surface area contributed by atoms with Gasteiger partial charge < -0.3 is 4.74 Å². The van der Waals surface area contributed by atoms with E-state index < -0.39 is 0 Å². The molecule has 3 aromatic heterocycles. The Morgan fingerprint density at radius 1 is 0.852 bits per heavy atom. The summed E-state index contributed by atoms with van der Waals surface area (Å²) in [5.41, 5.74) is 8.70. The first-order valence-corrected chi connectivity index (χ1v) is 8.74. The molecule has 5 heteroatoms. The smallest absolute Gasteiger partial charge is 0.213 e. The average Bonchev–Trinajstić information content (AvgIpc) is 3.10. The number of nitrogens with zero attached hydrogens (tertiary/aromatic N) is 3. The van der Waals surface area contributed by atoms with Crippen LogP contribution in [0.1, 0.15) is 11.3 Å². The second kappa shape index (κ2) is 7.03. The van der Waals surface area contributed by atoms with Crippen molar-refractivity contribution in [1.82, 2.24) is 20.2 Å². The van der Waals surface area contributed by atoms with E-state index in [9.17, 15) is 0 Å². The highest BCUT2D eigenvalue weighted by molar-refractivity contribution is 5.84. The molecule has 0 aliphatic rings. The van der Waals surface area contributed by atoms with Gasteiger partial charge in [-0.1, -0.05) is 18.2 Å². The maximum absolute atomic E-state index is 5.25. The van der Waals surface area contributed by atoms with E-state index in [-0.39, 0.29) is 0 Å². The van der Waals surface area contributed by atoms with E-state index in [1.807, 2.05) is 31.2 Å². The van der Waals surface area contributed by atoms with Crippen LogP contribution in [-0.2, 0) is 0 Å². The van der Waals surface area contributed by atoms with E-state index in [1.54, 1.807) is 25.7 Å². The fourth-order valence-electron chi connectivity index (χ4n) is 3.33. The zero-order valence-corrected chi connectivity index (χ0v) is 15.5. The SMILES string of the molecule is COc1cc(-c2ccc(-c3c(-c4ccncc4)n[nH]c3C)cc2C)ccn1. The molecule has 3 heterocycles. The minimum atomic E-state index is 0.613. The second-order valence-electron chi connectivity index (χ2n) is 6.42. The first kappa shape index (κ1) is 17.0. The van der Waals surface area contributed by atoms with Crippen LogP contribution in [0.15, 0.2) is 61.1 Å². The van der Waals surface area contributed by atoms with Gasteiger partial charge in [0.25, 0.3) is 0 Å². The molecule has 27 heavy (non-hydrogen) atoms. The number of hydrogen-bond donors (Lipinski definition) is 1. The monoisotopic (exact) mass is 356 g/mol. The fraction of sp³-hybridized carbons (Fsp3) is 0.136. The molecular weight excluding hydrogens is 336 g/mol. The molecule has 0 aliphatic carbocycles. The van der Waals surface area contributed by atoms with Gasteiger partial charge in [0.05, 0.1) is 7.11 Å². The molecule has 0 amide bonds. The molecule has 0 bridgehead atoms. The van der Waals surface area contributed by atoms with E-state index >= 15 is 0 Å². The van der Waals surface area contributed by atoms with Gasteiger partial charge in [0.2, 0.25) is 5.88 Å². The van der Waals surface area contributed by atoms with E-state index in [1.165, 1.54) is 5.56 Å². The number of rotatable bonds is 4. The van der Waals surface area contributed by atoms with Gasteiger partial charge >= 0.3 is 0 Å². The quantitative estimate of drug-likeness (QED) is 0.569. The number of nitrogens with one attached hydrogen (secondary N) is 1. The molecule has 4 rings (SSSR count). The predicted molar refractivity (Wildman–Crippen MR) is 107 cm³/mol. The van der Waals surface area contributed by atoms with Crippen LogP contribution < -0.4 is 4.74 Å². The van der Waals surface area contributed by atoms with Crippen LogP contribution in [0.5, 0.6) is 5.88 Å². The molecule has 0 saturated carbocycles. The lowest BCUT2D eigenvalue weighted by atomic mass is 9.94. The standard InChI is InChI=1S/C22H20N4O/c1-14-12-18(4-5-19(14)17-8-11-24-20(13-17)27-3)21-15(2)25-26-22(21)16-6-9-23-10-7-16/h4-13H,1-3H3,(H,25,26). The van der Waals surface area contributed by atoms with E-state index in [2.05, 4.69) is 45.3 Å². The molecule has 1 aromatic carbocycles. The molecule has 0 unspecified atom stereocenters. The number of H-pyrrole nitrogens is 1. The Hall–Kier alpha value is -3.47. The van der Waals surface area contributed by atoms with Crippen molar-refractivity contribution in [3.8, 4) is 39.4 Å². The number of benzene rings is 1. The highest BCUT2D eigenvalue weighted by Crippen LogP contribution is 2.35. The molecule has 1 N–H and O–H groups in total. The van der Waals surface area contributed by atoms with Crippen molar-refractivity contribution in [1.29, 1.82) is 0 Å². The molecule has 5 nitrogen and oxygen atoms in total.